The number of nitriles is 1. The fraction of sp³-hybridized carbons (Fsp3) is 0.0833. The maximum Gasteiger partial charge on any atom is 0.187 e. The summed E-state index contributed by atoms with van der Waals surface area (Å²) in [4.78, 5) is 14.6. The van der Waals surface area contributed by atoms with Crippen molar-refractivity contribution < 1.29 is 4.79 Å². The lowest BCUT2D eigenvalue weighted by Gasteiger charge is -2.03. The highest BCUT2D eigenvalue weighted by Gasteiger charge is 2.04. The Morgan fingerprint density at radius 1 is 1.47 bits per heavy atom. The van der Waals surface area contributed by atoms with Crippen LogP contribution in [0.4, 0.5) is 10.8 Å². The second-order valence-corrected chi connectivity index (χ2v) is 4.16. The van der Waals surface area contributed by atoms with Crippen LogP contribution in [-0.2, 0) is 11.2 Å². The summed E-state index contributed by atoms with van der Waals surface area (Å²) in [5, 5.41) is 14.5. The van der Waals surface area contributed by atoms with Gasteiger partial charge in [0.2, 0.25) is 0 Å². The topological polar surface area (TPSA) is 65.8 Å². The lowest BCUT2D eigenvalue weighted by molar-refractivity contribution is -0.107. The number of thiazole rings is 1. The molecular weight excluding hydrogens is 234 g/mol. The molecule has 2 aromatic rings. The highest BCUT2D eigenvalue weighted by Crippen LogP contribution is 2.23. The van der Waals surface area contributed by atoms with Crippen LogP contribution in [0.15, 0.2) is 29.6 Å². The maximum atomic E-state index is 10.3. The molecule has 0 saturated heterocycles. The minimum Gasteiger partial charge on any atom is -0.330 e. The number of nitrogens with zero attached hydrogens (tertiary/aromatic N) is 2. The van der Waals surface area contributed by atoms with Gasteiger partial charge in [0.05, 0.1) is 16.9 Å². The third-order valence-corrected chi connectivity index (χ3v) is 2.94. The van der Waals surface area contributed by atoms with E-state index in [1.807, 2.05) is 23.6 Å². The zero-order valence-electron chi connectivity index (χ0n) is 8.88. The number of hydrogen-bond acceptors (Lipinski definition) is 5. The molecular formula is C12H9N3OS. The number of aromatic nitrogens is 1. The monoisotopic (exact) mass is 243 g/mol. The molecule has 0 amide bonds. The molecule has 0 radical (unpaired) electrons. The normalized spacial score (nSPS) is 9.59. The van der Waals surface area contributed by atoms with E-state index >= 15 is 0 Å². The number of nitrogens with one attached hydrogen (secondary N) is 1. The molecule has 0 atom stereocenters. The Labute approximate surface area is 103 Å². The van der Waals surface area contributed by atoms with Gasteiger partial charge in [-0.3, -0.25) is 0 Å². The van der Waals surface area contributed by atoms with E-state index in [1.165, 1.54) is 11.3 Å². The van der Waals surface area contributed by atoms with E-state index < -0.39 is 0 Å². The van der Waals surface area contributed by atoms with Crippen molar-refractivity contribution in [1.82, 2.24) is 4.98 Å². The molecule has 0 aliphatic heterocycles. The number of benzene rings is 1. The van der Waals surface area contributed by atoms with Crippen LogP contribution in [0, 0.1) is 11.3 Å². The van der Waals surface area contributed by atoms with Crippen LogP contribution in [-0.4, -0.2) is 11.3 Å². The number of aldehydes is 1. The molecule has 0 saturated carbocycles. The molecule has 0 unspecified atom stereocenters. The predicted molar refractivity (Wildman–Crippen MR) is 66.3 cm³/mol. The summed E-state index contributed by atoms with van der Waals surface area (Å²) in [6.45, 7) is 0. The van der Waals surface area contributed by atoms with E-state index in [0.29, 0.717) is 17.1 Å². The zero-order valence-corrected chi connectivity index (χ0v) is 9.70. The first-order valence-corrected chi connectivity index (χ1v) is 5.85. The molecule has 0 fully saturated rings. The van der Waals surface area contributed by atoms with Gasteiger partial charge in [0.1, 0.15) is 12.4 Å². The van der Waals surface area contributed by atoms with Crippen molar-refractivity contribution in [2.75, 3.05) is 5.32 Å². The Morgan fingerprint density at radius 3 is 3.06 bits per heavy atom. The molecule has 84 valence electrons. The van der Waals surface area contributed by atoms with Gasteiger partial charge in [0.25, 0.3) is 0 Å². The second-order valence-electron chi connectivity index (χ2n) is 3.30. The molecule has 0 spiro atoms. The fourth-order valence-corrected chi connectivity index (χ4v) is 2.08. The summed E-state index contributed by atoms with van der Waals surface area (Å²) in [5.41, 5.74) is 2.03. The van der Waals surface area contributed by atoms with E-state index in [4.69, 9.17) is 5.26 Å². The van der Waals surface area contributed by atoms with E-state index in [0.717, 1.165) is 17.7 Å². The number of carbonyl (C=O) groups is 1. The van der Waals surface area contributed by atoms with Crippen LogP contribution in [0.1, 0.15) is 11.3 Å². The molecule has 1 aromatic heterocycles. The number of hydrogen-bond donors (Lipinski definition) is 1. The Morgan fingerprint density at radius 2 is 2.29 bits per heavy atom. The smallest absolute Gasteiger partial charge is 0.187 e. The van der Waals surface area contributed by atoms with E-state index in [2.05, 4.69) is 16.4 Å². The Hall–Kier alpha value is -2.19. The summed E-state index contributed by atoms with van der Waals surface area (Å²) in [6.07, 6.45) is 1.14. The van der Waals surface area contributed by atoms with Crippen molar-refractivity contribution >= 4 is 28.4 Å². The van der Waals surface area contributed by atoms with Crippen LogP contribution in [0.3, 0.4) is 0 Å². The summed E-state index contributed by atoms with van der Waals surface area (Å²) < 4.78 is 0. The first-order chi connectivity index (χ1) is 8.33. The largest absolute Gasteiger partial charge is 0.330 e. The standard InChI is InChI=1S/C12H9N3OS/c13-7-9-3-1-2-4-11(9)15-12-14-10(5-6-16)8-17-12/h1-4,6,8H,5H2,(H,14,15). The molecule has 2 rings (SSSR count). The Kier molecular flexibility index (Phi) is 3.48. The third kappa shape index (κ3) is 2.68. The SMILES string of the molecule is N#Cc1ccccc1Nc1nc(CC=O)cs1. The van der Waals surface area contributed by atoms with Crippen molar-refractivity contribution in [1.29, 1.82) is 5.26 Å². The van der Waals surface area contributed by atoms with Crippen LogP contribution in [0.25, 0.3) is 0 Å². The molecule has 1 heterocycles. The van der Waals surface area contributed by atoms with E-state index in [-0.39, 0.29) is 0 Å². The fourth-order valence-electron chi connectivity index (χ4n) is 1.35. The number of para-hydroxylation sites is 1. The Balaban J connectivity index is 2.19. The van der Waals surface area contributed by atoms with Gasteiger partial charge < -0.3 is 10.1 Å². The highest BCUT2D eigenvalue weighted by molar-refractivity contribution is 7.13. The summed E-state index contributed by atoms with van der Waals surface area (Å²) in [7, 11) is 0. The molecule has 0 bridgehead atoms. The van der Waals surface area contributed by atoms with Crippen LogP contribution >= 0.6 is 11.3 Å². The molecule has 17 heavy (non-hydrogen) atoms. The summed E-state index contributed by atoms with van der Waals surface area (Å²) in [6, 6.07) is 9.32. The summed E-state index contributed by atoms with van der Waals surface area (Å²) in [5.74, 6) is 0. The van der Waals surface area contributed by atoms with Gasteiger partial charge >= 0.3 is 0 Å². The van der Waals surface area contributed by atoms with Gasteiger partial charge in [0.15, 0.2) is 5.13 Å². The van der Waals surface area contributed by atoms with Crippen LogP contribution < -0.4 is 5.32 Å². The third-order valence-electron chi connectivity index (χ3n) is 2.13. The minimum absolute atomic E-state index is 0.318. The van der Waals surface area contributed by atoms with Gasteiger partial charge in [-0.15, -0.1) is 11.3 Å². The first-order valence-electron chi connectivity index (χ1n) is 4.97. The molecule has 0 aliphatic rings. The lowest BCUT2D eigenvalue weighted by atomic mass is 10.2. The van der Waals surface area contributed by atoms with Crippen LogP contribution in [0.5, 0.6) is 0 Å². The van der Waals surface area contributed by atoms with Crippen molar-refractivity contribution in [2.24, 2.45) is 0 Å². The number of carbonyl (C=O) groups excluding carboxylic acids is 1. The molecule has 1 N–H and O–H groups in total. The average molecular weight is 243 g/mol. The van der Waals surface area contributed by atoms with Crippen molar-refractivity contribution in [3.63, 3.8) is 0 Å². The summed E-state index contributed by atoms with van der Waals surface area (Å²) >= 11 is 1.41. The number of anilines is 2. The second kappa shape index (κ2) is 5.23. The Bertz CT molecular complexity index is 571. The molecule has 1 aromatic carbocycles. The predicted octanol–water partition coefficient (Wildman–Crippen LogP) is 2.50. The van der Waals surface area contributed by atoms with Gasteiger partial charge in [-0.1, -0.05) is 12.1 Å². The first kappa shape index (κ1) is 11.3. The van der Waals surface area contributed by atoms with Crippen molar-refractivity contribution in [3.05, 3.63) is 40.9 Å². The molecule has 5 heteroatoms. The van der Waals surface area contributed by atoms with Crippen LogP contribution in [0.2, 0.25) is 0 Å². The lowest BCUT2D eigenvalue weighted by Crippen LogP contribution is -1.93. The van der Waals surface area contributed by atoms with E-state index in [9.17, 15) is 4.79 Å². The van der Waals surface area contributed by atoms with Gasteiger partial charge in [0, 0.05) is 11.8 Å². The van der Waals surface area contributed by atoms with E-state index in [1.54, 1.807) is 6.07 Å². The van der Waals surface area contributed by atoms with Crippen molar-refractivity contribution in [2.45, 2.75) is 6.42 Å². The quantitative estimate of drug-likeness (QED) is 0.838. The highest BCUT2D eigenvalue weighted by atomic mass is 32.1. The van der Waals surface area contributed by atoms with Gasteiger partial charge in [-0.2, -0.15) is 5.26 Å². The van der Waals surface area contributed by atoms with Crippen molar-refractivity contribution in [3.8, 4) is 6.07 Å². The van der Waals surface area contributed by atoms with Gasteiger partial charge in [-0.05, 0) is 12.1 Å². The molecule has 4 nitrogen and oxygen atoms in total. The molecule has 0 aliphatic carbocycles. The number of rotatable bonds is 4. The maximum absolute atomic E-state index is 10.3. The zero-order chi connectivity index (χ0) is 12.1. The average Bonchev–Trinajstić information content (AvgIpc) is 2.78. The minimum atomic E-state index is 0.318. The van der Waals surface area contributed by atoms with Gasteiger partial charge in [-0.25, -0.2) is 4.98 Å².